The molecular formula is C21H32O5. The van der Waals surface area contributed by atoms with Crippen molar-refractivity contribution in [2.45, 2.75) is 65.4 Å². The van der Waals surface area contributed by atoms with E-state index in [1.54, 1.807) is 0 Å². The molecule has 1 N–H and O–H groups in total. The minimum absolute atomic E-state index is 0.132. The van der Waals surface area contributed by atoms with E-state index in [0.717, 1.165) is 32.1 Å². The number of esters is 2. The van der Waals surface area contributed by atoms with E-state index in [-0.39, 0.29) is 35.1 Å². The van der Waals surface area contributed by atoms with Gasteiger partial charge >= 0.3 is 11.9 Å². The largest absolute Gasteiger partial charge is 0.469 e. The molecule has 0 aromatic rings. The number of hydrogen-bond acceptors (Lipinski definition) is 5. The van der Waals surface area contributed by atoms with Crippen molar-refractivity contribution in [2.75, 3.05) is 13.7 Å². The lowest BCUT2D eigenvalue weighted by atomic mass is 9.46. The molecule has 0 aromatic heterocycles. The highest BCUT2D eigenvalue weighted by Gasteiger charge is 2.72. The number of cyclic esters (lactones) is 1. The van der Waals surface area contributed by atoms with Crippen molar-refractivity contribution >= 4 is 11.9 Å². The van der Waals surface area contributed by atoms with Crippen molar-refractivity contribution in [2.24, 2.45) is 39.9 Å². The molecule has 5 nitrogen and oxygen atoms in total. The SMILES string of the molecule is [2H][C@]1(O)[C@H](C)[C@@H]2CC[C@@H]([C@]34CCCC(C)(C)[C@H]3C(=O)OC4)[C@@]1(C(=O)OC)C2. The molecule has 0 radical (unpaired) electrons. The Kier molecular flexibility index (Phi) is 3.73. The molecule has 0 unspecified atom stereocenters. The quantitative estimate of drug-likeness (QED) is 0.762. The van der Waals surface area contributed by atoms with Gasteiger partial charge in [0, 0.05) is 5.41 Å². The van der Waals surface area contributed by atoms with E-state index >= 15 is 0 Å². The van der Waals surface area contributed by atoms with Gasteiger partial charge in [0.15, 0.2) is 0 Å². The first-order chi connectivity index (χ1) is 12.5. The van der Waals surface area contributed by atoms with Gasteiger partial charge < -0.3 is 14.6 Å². The van der Waals surface area contributed by atoms with Gasteiger partial charge in [0.1, 0.15) is 0 Å². The zero-order valence-electron chi connectivity index (χ0n) is 17.3. The molecule has 1 heterocycles. The van der Waals surface area contributed by atoms with E-state index < -0.39 is 22.9 Å². The molecule has 26 heavy (non-hydrogen) atoms. The van der Waals surface area contributed by atoms with E-state index in [2.05, 4.69) is 13.8 Å². The number of aliphatic hydroxyl groups is 1. The van der Waals surface area contributed by atoms with Gasteiger partial charge in [-0.2, -0.15) is 0 Å². The first-order valence-electron chi connectivity index (χ1n) is 10.5. The molecule has 3 aliphatic carbocycles. The van der Waals surface area contributed by atoms with Crippen molar-refractivity contribution < 1.29 is 25.5 Å². The fourth-order valence-corrected chi connectivity index (χ4v) is 7.33. The van der Waals surface area contributed by atoms with Crippen LogP contribution in [-0.2, 0) is 19.1 Å². The molecule has 1 aliphatic heterocycles. The molecule has 4 rings (SSSR count). The Balaban J connectivity index is 1.89. The van der Waals surface area contributed by atoms with Crippen molar-refractivity contribution in [3.63, 3.8) is 0 Å². The number of ether oxygens (including phenoxy) is 2. The number of carbonyl (C=O) groups is 2. The Morgan fingerprint density at radius 2 is 2.08 bits per heavy atom. The van der Waals surface area contributed by atoms with Gasteiger partial charge in [0.2, 0.25) is 0 Å². The number of carbonyl (C=O) groups excluding carboxylic acids is 2. The van der Waals surface area contributed by atoms with Gasteiger partial charge in [-0.25, -0.2) is 0 Å². The predicted molar refractivity (Wildman–Crippen MR) is 95.0 cm³/mol. The van der Waals surface area contributed by atoms with Crippen LogP contribution in [0.1, 0.15) is 60.7 Å². The van der Waals surface area contributed by atoms with Crippen LogP contribution in [0.2, 0.25) is 0 Å². The lowest BCUT2D eigenvalue weighted by Crippen LogP contribution is -2.58. The molecule has 3 saturated carbocycles. The summed E-state index contributed by atoms with van der Waals surface area (Å²) in [6.07, 6.45) is 2.88. The lowest BCUT2D eigenvalue weighted by Gasteiger charge is -2.55. The fraction of sp³-hybridized carbons (Fsp3) is 0.905. The molecule has 146 valence electrons. The van der Waals surface area contributed by atoms with Crippen LogP contribution in [0.5, 0.6) is 0 Å². The van der Waals surface area contributed by atoms with Crippen LogP contribution < -0.4 is 0 Å². The average Bonchev–Trinajstić information content (AvgIpc) is 3.04. The van der Waals surface area contributed by atoms with Gasteiger partial charge in [-0.3, -0.25) is 9.59 Å². The van der Waals surface area contributed by atoms with E-state index in [0.29, 0.717) is 13.0 Å². The second-order valence-corrected chi connectivity index (χ2v) is 9.85. The molecule has 2 bridgehead atoms. The Morgan fingerprint density at radius 3 is 2.77 bits per heavy atom. The van der Waals surface area contributed by atoms with Crippen LogP contribution in [0.4, 0.5) is 0 Å². The second kappa shape index (κ2) is 5.70. The van der Waals surface area contributed by atoms with Crippen LogP contribution >= 0.6 is 0 Å². The maximum atomic E-state index is 13.2. The Bertz CT molecular complexity index is 673. The summed E-state index contributed by atoms with van der Waals surface area (Å²) in [7, 11) is 1.34. The minimum Gasteiger partial charge on any atom is -0.469 e. The maximum Gasteiger partial charge on any atom is 0.314 e. The van der Waals surface area contributed by atoms with Gasteiger partial charge in [0.25, 0.3) is 0 Å². The number of fused-ring (bicyclic) bond motifs is 3. The summed E-state index contributed by atoms with van der Waals surface area (Å²) in [5, 5.41) is 11.3. The Morgan fingerprint density at radius 1 is 1.35 bits per heavy atom. The standard InChI is InChI=1S/C21H32O5/c1-12-13-6-7-14(21(10-13,16(12)22)18(24)25-4)20-9-5-8-19(2,3)15(20)17(23)26-11-20/h12-16,22H,5-11H2,1-4H3/t12-,13-,14+,15-,16+,20-,21+/m1/s1/i16D. The summed E-state index contributed by atoms with van der Waals surface area (Å²) in [4.78, 5) is 26.0. The Hall–Kier alpha value is -1.10. The van der Waals surface area contributed by atoms with Crippen molar-refractivity contribution in [1.29, 1.82) is 0 Å². The first kappa shape index (κ1) is 17.0. The molecule has 1 saturated heterocycles. The average molecular weight is 365 g/mol. The van der Waals surface area contributed by atoms with Crippen molar-refractivity contribution in [3.05, 3.63) is 0 Å². The predicted octanol–water partition coefficient (Wildman–Crippen LogP) is 2.94. The monoisotopic (exact) mass is 365 g/mol. The number of hydrogen-bond donors (Lipinski definition) is 1. The van der Waals surface area contributed by atoms with E-state index in [1.807, 2.05) is 6.92 Å². The van der Waals surface area contributed by atoms with Gasteiger partial charge in [0.05, 0.1) is 32.5 Å². The topological polar surface area (TPSA) is 72.8 Å². The lowest BCUT2D eigenvalue weighted by molar-refractivity contribution is -0.181. The van der Waals surface area contributed by atoms with Crippen molar-refractivity contribution in [1.82, 2.24) is 0 Å². The third-order valence-corrected chi connectivity index (χ3v) is 8.38. The molecule has 0 aromatic carbocycles. The molecule has 4 aliphatic rings. The third-order valence-electron chi connectivity index (χ3n) is 8.38. The maximum absolute atomic E-state index is 13.2. The van der Waals surface area contributed by atoms with Crippen LogP contribution in [0.25, 0.3) is 0 Å². The van der Waals surface area contributed by atoms with E-state index in [9.17, 15) is 14.7 Å². The van der Waals surface area contributed by atoms with Crippen LogP contribution in [0, 0.1) is 39.9 Å². The molecule has 7 atom stereocenters. The summed E-state index contributed by atoms with van der Waals surface area (Å²) in [5.41, 5.74) is -2.01. The first-order valence-corrected chi connectivity index (χ1v) is 10.0. The van der Waals surface area contributed by atoms with Crippen LogP contribution in [0.3, 0.4) is 0 Å². The Labute approximate surface area is 157 Å². The molecule has 5 heteroatoms. The zero-order valence-corrected chi connectivity index (χ0v) is 16.3. The molecule has 0 amide bonds. The second-order valence-electron chi connectivity index (χ2n) is 9.85. The summed E-state index contributed by atoms with van der Waals surface area (Å²) in [6, 6.07) is 0. The highest BCUT2D eigenvalue weighted by Crippen LogP contribution is 2.68. The highest BCUT2D eigenvalue weighted by molar-refractivity contribution is 5.81. The van der Waals surface area contributed by atoms with E-state index in [4.69, 9.17) is 10.8 Å². The summed E-state index contributed by atoms with van der Waals surface area (Å²) < 4.78 is 19.7. The molecule has 4 fully saturated rings. The highest BCUT2D eigenvalue weighted by atomic mass is 16.5. The third kappa shape index (κ3) is 2.07. The zero-order chi connectivity index (χ0) is 19.8. The molecule has 0 spiro atoms. The van der Waals surface area contributed by atoms with Gasteiger partial charge in [-0.05, 0) is 55.3 Å². The summed E-state index contributed by atoms with van der Waals surface area (Å²) in [6.45, 7) is 6.39. The summed E-state index contributed by atoms with van der Waals surface area (Å²) in [5.74, 6) is -1.42. The van der Waals surface area contributed by atoms with Crippen LogP contribution in [0.15, 0.2) is 0 Å². The molecular weight excluding hydrogens is 332 g/mol. The van der Waals surface area contributed by atoms with Gasteiger partial charge in [-0.15, -0.1) is 0 Å². The van der Waals surface area contributed by atoms with Crippen LogP contribution in [-0.4, -0.2) is 36.8 Å². The van der Waals surface area contributed by atoms with Gasteiger partial charge in [-0.1, -0.05) is 27.2 Å². The number of rotatable bonds is 2. The minimum atomic E-state index is -1.89. The fourth-order valence-electron chi connectivity index (χ4n) is 7.33. The normalized spacial score (nSPS) is 52.8. The summed E-state index contributed by atoms with van der Waals surface area (Å²) >= 11 is 0. The van der Waals surface area contributed by atoms with E-state index in [1.165, 1.54) is 7.11 Å². The smallest absolute Gasteiger partial charge is 0.314 e. The van der Waals surface area contributed by atoms with Crippen molar-refractivity contribution in [3.8, 4) is 0 Å². The number of methoxy groups -OCH3 is 1.